The maximum Gasteiger partial charge on any atom is 0.224 e. The molecule has 4 heteroatoms. The van der Waals surface area contributed by atoms with Crippen LogP contribution in [0.1, 0.15) is 57.9 Å². The molecule has 4 nitrogen and oxygen atoms in total. The number of nitrogens with zero attached hydrogens (tertiary/aromatic N) is 1. The van der Waals surface area contributed by atoms with E-state index >= 15 is 0 Å². The van der Waals surface area contributed by atoms with Crippen molar-refractivity contribution in [3.05, 3.63) is 23.8 Å². The molecule has 2 unspecified atom stereocenters. The molecule has 0 aromatic heterocycles. The van der Waals surface area contributed by atoms with Crippen LogP contribution in [-0.2, 0) is 11.2 Å². The van der Waals surface area contributed by atoms with E-state index in [0.717, 1.165) is 42.7 Å². The first-order valence-electron chi connectivity index (χ1n) is 10.5. The molecule has 1 saturated heterocycles. The molecule has 0 spiro atoms. The van der Waals surface area contributed by atoms with Crippen molar-refractivity contribution >= 4 is 11.6 Å². The molecule has 0 radical (unpaired) electrons. The fourth-order valence-electron chi connectivity index (χ4n) is 4.43. The van der Waals surface area contributed by atoms with Gasteiger partial charge in [-0.15, -0.1) is 0 Å². The topological polar surface area (TPSA) is 41.6 Å². The highest BCUT2D eigenvalue weighted by Gasteiger charge is 2.26. The van der Waals surface area contributed by atoms with Crippen LogP contribution < -0.4 is 10.1 Å². The molecular formula is C22H34N2O2. The second kappa shape index (κ2) is 9.40. The molecule has 2 atom stereocenters. The zero-order valence-electron chi connectivity index (χ0n) is 16.4. The Bertz CT molecular complexity index is 602. The van der Waals surface area contributed by atoms with Crippen LogP contribution in [0.2, 0.25) is 0 Å². The lowest BCUT2D eigenvalue weighted by atomic mass is 9.82. The molecule has 144 valence electrons. The van der Waals surface area contributed by atoms with Gasteiger partial charge in [0.25, 0.3) is 0 Å². The first-order valence-corrected chi connectivity index (χ1v) is 10.5. The minimum Gasteiger partial charge on any atom is -0.494 e. The summed E-state index contributed by atoms with van der Waals surface area (Å²) in [5.41, 5.74) is 2.13. The predicted molar refractivity (Wildman–Crippen MR) is 107 cm³/mol. The third-order valence-corrected chi connectivity index (χ3v) is 6.14. The van der Waals surface area contributed by atoms with E-state index in [9.17, 15) is 4.79 Å². The zero-order valence-corrected chi connectivity index (χ0v) is 16.4. The number of hydrogen-bond donors (Lipinski definition) is 1. The molecule has 0 aliphatic carbocycles. The van der Waals surface area contributed by atoms with E-state index in [1.807, 2.05) is 12.1 Å². The number of benzene rings is 1. The highest BCUT2D eigenvalue weighted by atomic mass is 16.5. The molecule has 26 heavy (non-hydrogen) atoms. The first-order chi connectivity index (χ1) is 12.7. The molecule has 2 heterocycles. The number of nitrogens with one attached hydrogen (secondary N) is 1. The van der Waals surface area contributed by atoms with E-state index < -0.39 is 0 Å². The molecular weight excluding hydrogens is 324 g/mol. The number of ether oxygens (including phenoxy) is 1. The summed E-state index contributed by atoms with van der Waals surface area (Å²) in [5.74, 6) is 2.78. The van der Waals surface area contributed by atoms with Gasteiger partial charge in [0.1, 0.15) is 5.75 Å². The Morgan fingerprint density at radius 3 is 2.81 bits per heavy atom. The van der Waals surface area contributed by atoms with Crippen molar-refractivity contribution in [3.8, 4) is 5.75 Å². The SMILES string of the molecule is CCC1CCN(CCCCOc2ccc3c(c2)NC(=O)CC3)CC1CC. The van der Waals surface area contributed by atoms with Crippen molar-refractivity contribution in [2.24, 2.45) is 11.8 Å². The van der Waals surface area contributed by atoms with Crippen LogP contribution in [-0.4, -0.2) is 37.0 Å². The zero-order chi connectivity index (χ0) is 18.4. The number of hydrogen-bond acceptors (Lipinski definition) is 3. The van der Waals surface area contributed by atoms with Gasteiger partial charge in [0.2, 0.25) is 5.91 Å². The van der Waals surface area contributed by atoms with E-state index in [1.165, 1.54) is 50.9 Å². The summed E-state index contributed by atoms with van der Waals surface area (Å²) in [4.78, 5) is 14.2. The third-order valence-electron chi connectivity index (χ3n) is 6.14. The molecule has 1 aromatic carbocycles. The monoisotopic (exact) mass is 358 g/mol. The minimum atomic E-state index is 0.104. The Morgan fingerprint density at radius 2 is 2.00 bits per heavy atom. The van der Waals surface area contributed by atoms with Crippen molar-refractivity contribution in [2.75, 3.05) is 31.6 Å². The van der Waals surface area contributed by atoms with Gasteiger partial charge in [-0.25, -0.2) is 0 Å². The summed E-state index contributed by atoms with van der Waals surface area (Å²) in [7, 11) is 0. The van der Waals surface area contributed by atoms with Crippen LogP contribution in [0.3, 0.4) is 0 Å². The van der Waals surface area contributed by atoms with Crippen molar-refractivity contribution in [2.45, 2.75) is 58.8 Å². The van der Waals surface area contributed by atoms with E-state index in [4.69, 9.17) is 4.74 Å². The van der Waals surface area contributed by atoms with E-state index in [-0.39, 0.29) is 5.91 Å². The quantitative estimate of drug-likeness (QED) is 0.696. The van der Waals surface area contributed by atoms with Gasteiger partial charge >= 0.3 is 0 Å². The number of rotatable bonds is 8. The number of unbranched alkanes of at least 4 members (excludes halogenated alkanes) is 1. The number of piperidine rings is 1. The highest BCUT2D eigenvalue weighted by molar-refractivity contribution is 5.94. The summed E-state index contributed by atoms with van der Waals surface area (Å²) in [6.07, 6.45) is 7.69. The van der Waals surface area contributed by atoms with Gasteiger partial charge in [-0.3, -0.25) is 4.79 Å². The van der Waals surface area contributed by atoms with Crippen LogP contribution in [0.15, 0.2) is 18.2 Å². The molecule has 2 aliphatic heterocycles. The van der Waals surface area contributed by atoms with Crippen LogP contribution in [0, 0.1) is 11.8 Å². The van der Waals surface area contributed by atoms with Crippen molar-refractivity contribution in [1.82, 2.24) is 4.90 Å². The fraction of sp³-hybridized carbons (Fsp3) is 0.682. The second-order valence-corrected chi connectivity index (χ2v) is 7.85. The molecule has 0 saturated carbocycles. The van der Waals surface area contributed by atoms with Crippen molar-refractivity contribution < 1.29 is 9.53 Å². The lowest BCUT2D eigenvalue weighted by molar-refractivity contribution is -0.116. The molecule has 3 rings (SSSR count). The van der Waals surface area contributed by atoms with E-state index in [0.29, 0.717) is 6.42 Å². The Hall–Kier alpha value is -1.55. The predicted octanol–water partition coefficient (Wildman–Crippen LogP) is 4.49. The molecule has 1 N–H and O–H groups in total. The molecule has 1 amide bonds. The van der Waals surface area contributed by atoms with Gasteiger partial charge < -0.3 is 15.0 Å². The van der Waals surface area contributed by atoms with Crippen LogP contribution in [0.25, 0.3) is 0 Å². The minimum absolute atomic E-state index is 0.104. The molecule has 1 fully saturated rings. The van der Waals surface area contributed by atoms with E-state index in [2.05, 4.69) is 30.1 Å². The summed E-state index contributed by atoms with van der Waals surface area (Å²) >= 11 is 0. The van der Waals surface area contributed by atoms with Gasteiger partial charge in [0.15, 0.2) is 0 Å². The smallest absolute Gasteiger partial charge is 0.224 e. The average molecular weight is 359 g/mol. The van der Waals surface area contributed by atoms with Gasteiger partial charge in [0, 0.05) is 24.7 Å². The summed E-state index contributed by atoms with van der Waals surface area (Å²) in [5, 5.41) is 2.94. The second-order valence-electron chi connectivity index (χ2n) is 7.85. The van der Waals surface area contributed by atoms with Crippen molar-refractivity contribution in [1.29, 1.82) is 0 Å². The van der Waals surface area contributed by atoms with Gasteiger partial charge in [0.05, 0.1) is 6.61 Å². The normalized spacial score (nSPS) is 23.4. The Labute approximate surface area is 158 Å². The van der Waals surface area contributed by atoms with Crippen LogP contribution >= 0.6 is 0 Å². The molecule has 0 bridgehead atoms. The number of anilines is 1. The van der Waals surface area contributed by atoms with E-state index in [1.54, 1.807) is 0 Å². The average Bonchev–Trinajstić information content (AvgIpc) is 2.67. The lowest BCUT2D eigenvalue weighted by Gasteiger charge is -2.38. The number of aryl methyl sites for hydroxylation is 1. The number of fused-ring (bicyclic) bond motifs is 1. The standard InChI is InChI=1S/C22H34N2O2/c1-3-17-11-13-24(16-18(17)4-2)12-5-6-14-26-20-9-7-19-8-10-22(25)23-21(19)15-20/h7,9,15,17-18H,3-6,8,10-14,16H2,1-2H3,(H,23,25). The summed E-state index contributed by atoms with van der Waals surface area (Å²) in [6.45, 7) is 9.16. The number of carbonyl (C=O) groups is 1. The van der Waals surface area contributed by atoms with Crippen LogP contribution in [0.5, 0.6) is 5.75 Å². The number of carbonyl (C=O) groups excluding carboxylic acids is 1. The highest BCUT2D eigenvalue weighted by Crippen LogP contribution is 2.29. The lowest BCUT2D eigenvalue weighted by Crippen LogP contribution is -2.40. The fourth-order valence-corrected chi connectivity index (χ4v) is 4.43. The Morgan fingerprint density at radius 1 is 1.15 bits per heavy atom. The molecule has 1 aromatic rings. The Kier molecular flexibility index (Phi) is 6.95. The number of likely N-dealkylation sites (tertiary alicyclic amines) is 1. The number of amides is 1. The van der Waals surface area contributed by atoms with Gasteiger partial charge in [-0.2, -0.15) is 0 Å². The van der Waals surface area contributed by atoms with Gasteiger partial charge in [-0.05, 0) is 62.2 Å². The first kappa shape index (κ1) is 19.2. The maximum absolute atomic E-state index is 11.5. The van der Waals surface area contributed by atoms with Crippen molar-refractivity contribution in [3.63, 3.8) is 0 Å². The maximum atomic E-state index is 11.5. The summed E-state index contributed by atoms with van der Waals surface area (Å²) in [6, 6.07) is 6.07. The summed E-state index contributed by atoms with van der Waals surface area (Å²) < 4.78 is 5.90. The Balaban J connectivity index is 1.36. The largest absolute Gasteiger partial charge is 0.494 e. The molecule has 2 aliphatic rings. The van der Waals surface area contributed by atoms with Gasteiger partial charge in [-0.1, -0.05) is 32.8 Å². The van der Waals surface area contributed by atoms with Crippen LogP contribution in [0.4, 0.5) is 5.69 Å². The third kappa shape index (κ3) is 5.00.